The molecule has 6 nitrogen and oxygen atoms in total. The number of hydrogen-bond acceptors (Lipinski definition) is 5. The fourth-order valence-electron chi connectivity index (χ4n) is 5.70. The number of amides is 1. The summed E-state index contributed by atoms with van der Waals surface area (Å²) in [6.45, 7) is 14.9. The molecular formula is C28H38N4O2. The number of piperidine rings is 1. The Bertz CT molecular complexity index is 1010. The van der Waals surface area contributed by atoms with Gasteiger partial charge in [-0.1, -0.05) is 24.3 Å². The number of hydrogen-bond donors (Lipinski definition) is 0. The van der Waals surface area contributed by atoms with Gasteiger partial charge in [-0.15, -0.1) is 0 Å². The Hall–Kier alpha value is -2.57. The first-order valence-corrected chi connectivity index (χ1v) is 12.6. The van der Waals surface area contributed by atoms with E-state index in [1.165, 1.54) is 5.56 Å². The minimum atomic E-state index is 0.111. The Morgan fingerprint density at radius 3 is 2.26 bits per heavy atom. The highest BCUT2D eigenvalue weighted by Gasteiger charge is 2.34. The molecule has 6 heteroatoms. The fraction of sp³-hybridized carbons (Fsp3) is 0.536. The molecule has 0 saturated carbocycles. The number of Topliss-reactive ketones (excluding diaryl/α,β-unsaturated/α-hetero) is 1. The van der Waals surface area contributed by atoms with Crippen molar-refractivity contribution in [2.24, 2.45) is 0 Å². The van der Waals surface area contributed by atoms with Crippen LogP contribution in [0.1, 0.15) is 77.2 Å². The molecule has 2 unspecified atom stereocenters. The molecule has 2 aliphatic rings. The molecule has 1 amide bonds. The van der Waals surface area contributed by atoms with Crippen LogP contribution in [-0.2, 0) is 0 Å². The number of piperazine rings is 1. The van der Waals surface area contributed by atoms with Crippen molar-refractivity contribution in [1.82, 2.24) is 19.7 Å². The molecule has 0 N–H and O–H groups in total. The van der Waals surface area contributed by atoms with Gasteiger partial charge in [0.15, 0.2) is 5.78 Å². The molecule has 0 spiro atoms. The number of likely N-dealkylation sites (tertiary alicyclic amines) is 1. The van der Waals surface area contributed by atoms with Crippen molar-refractivity contribution in [2.75, 3.05) is 32.7 Å². The van der Waals surface area contributed by atoms with E-state index >= 15 is 0 Å². The third kappa shape index (κ3) is 5.08. The molecule has 0 bridgehead atoms. The van der Waals surface area contributed by atoms with E-state index in [9.17, 15) is 9.59 Å². The summed E-state index contributed by atoms with van der Waals surface area (Å²) in [5, 5.41) is 0. The average Bonchev–Trinajstić information content (AvgIpc) is 2.83. The van der Waals surface area contributed by atoms with E-state index in [0.717, 1.165) is 67.9 Å². The van der Waals surface area contributed by atoms with Gasteiger partial charge in [0.05, 0.1) is 11.3 Å². The standard InChI is InChI=1S/C28H38N4O2/c1-19-10-13-29-21(3)27(19)28(34)30-14-11-26(12-15-30)31-16-17-32(20(2)18-31)22(4)24-6-8-25(9-7-24)23(5)33/h6-10,13,20,22,26H,11-12,14-18H2,1-5H3. The largest absolute Gasteiger partial charge is 0.338 e. The number of pyridine rings is 1. The summed E-state index contributed by atoms with van der Waals surface area (Å²) < 4.78 is 0. The Morgan fingerprint density at radius 2 is 1.68 bits per heavy atom. The average molecular weight is 463 g/mol. The molecule has 1 aromatic heterocycles. The quantitative estimate of drug-likeness (QED) is 0.621. The zero-order valence-electron chi connectivity index (χ0n) is 21.3. The van der Waals surface area contributed by atoms with Gasteiger partial charge in [-0.2, -0.15) is 0 Å². The lowest BCUT2D eigenvalue weighted by atomic mass is 9.97. The molecule has 0 aliphatic carbocycles. The Morgan fingerprint density at radius 1 is 1.00 bits per heavy atom. The molecule has 2 fully saturated rings. The van der Waals surface area contributed by atoms with Crippen molar-refractivity contribution < 1.29 is 9.59 Å². The van der Waals surface area contributed by atoms with Gasteiger partial charge in [0.25, 0.3) is 5.91 Å². The molecule has 2 atom stereocenters. The highest BCUT2D eigenvalue weighted by molar-refractivity contribution is 5.96. The minimum absolute atomic E-state index is 0.111. The van der Waals surface area contributed by atoms with Crippen LogP contribution >= 0.6 is 0 Å². The van der Waals surface area contributed by atoms with Gasteiger partial charge >= 0.3 is 0 Å². The van der Waals surface area contributed by atoms with Crippen molar-refractivity contribution in [3.05, 3.63) is 64.5 Å². The zero-order valence-corrected chi connectivity index (χ0v) is 21.3. The summed E-state index contributed by atoms with van der Waals surface area (Å²) in [7, 11) is 0. The van der Waals surface area contributed by atoms with E-state index in [-0.39, 0.29) is 11.7 Å². The van der Waals surface area contributed by atoms with Crippen LogP contribution in [0.15, 0.2) is 36.5 Å². The Labute approximate surface area is 204 Å². The van der Waals surface area contributed by atoms with Crippen LogP contribution in [0.25, 0.3) is 0 Å². The van der Waals surface area contributed by atoms with Gasteiger partial charge in [-0.05, 0) is 64.7 Å². The van der Waals surface area contributed by atoms with Crippen LogP contribution in [0.4, 0.5) is 0 Å². The van der Waals surface area contributed by atoms with Crippen molar-refractivity contribution in [3.8, 4) is 0 Å². The predicted molar refractivity (Wildman–Crippen MR) is 135 cm³/mol. The van der Waals surface area contributed by atoms with E-state index in [0.29, 0.717) is 18.1 Å². The smallest absolute Gasteiger partial charge is 0.255 e. The zero-order chi connectivity index (χ0) is 24.4. The highest BCUT2D eigenvalue weighted by Crippen LogP contribution is 2.28. The van der Waals surface area contributed by atoms with E-state index < -0.39 is 0 Å². The first-order chi connectivity index (χ1) is 16.3. The van der Waals surface area contributed by atoms with Crippen LogP contribution in [0.2, 0.25) is 0 Å². The lowest BCUT2D eigenvalue weighted by Crippen LogP contribution is -2.57. The molecule has 34 heavy (non-hydrogen) atoms. The number of benzene rings is 1. The SMILES string of the molecule is CC(=O)c1ccc(C(C)N2CCN(C3CCN(C(=O)c4c(C)ccnc4C)CC3)CC2C)cc1. The molecule has 0 radical (unpaired) electrons. The molecule has 2 aliphatic heterocycles. The van der Waals surface area contributed by atoms with Crippen molar-refractivity contribution >= 4 is 11.7 Å². The summed E-state index contributed by atoms with van der Waals surface area (Å²) in [4.78, 5) is 36.3. The van der Waals surface area contributed by atoms with Gasteiger partial charge in [-0.25, -0.2) is 0 Å². The molecule has 3 heterocycles. The Kier molecular flexibility index (Phi) is 7.48. The van der Waals surface area contributed by atoms with E-state index in [1.54, 1.807) is 13.1 Å². The summed E-state index contributed by atoms with van der Waals surface area (Å²) in [5.74, 6) is 0.240. The fourth-order valence-corrected chi connectivity index (χ4v) is 5.70. The van der Waals surface area contributed by atoms with Gasteiger partial charge < -0.3 is 4.90 Å². The van der Waals surface area contributed by atoms with Crippen molar-refractivity contribution in [3.63, 3.8) is 0 Å². The topological polar surface area (TPSA) is 56.8 Å². The lowest BCUT2D eigenvalue weighted by Gasteiger charge is -2.47. The minimum Gasteiger partial charge on any atom is -0.338 e. The maximum atomic E-state index is 13.1. The normalized spacial score (nSPS) is 21.4. The van der Waals surface area contributed by atoms with E-state index in [2.05, 4.69) is 40.8 Å². The number of ketones is 1. The first-order valence-electron chi connectivity index (χ1n) is 12.6. The summed E-state index contributed by atoms with van der Waals surface area (Å²) in [6, 6.07) is 11.3. The van der Waals surface area contributed by atoms with Gasteiger partial charge in [0.1, 0.15) is 0 Å². The predicted octanol–water partition coefficient (Wildman–Crippen LogP) is 4.27. The molecule has 2 aromatic rings. The maximum absolute atomic E-state index is 13.1. The number of aromatic nitrogens is 1. The van der Waals surface area contributed by atoms with Crippen molar-refractivity contribution in [2.45, 2.75) is 65.6 Å². The second-order valence-corrected chi connectivity index (χ2v) is 10.0. The lowest BCUT2D eigenvalue weighted by molar-refractivity contribution is 0.0135. The molecule has 182 valence electrons. The van der Waals surface area contributed by atoms with Crippen molar-refractivity contribution in [1.29, 1.82) is 0 Å². The second-order valence-electron chi connectivity index (χ2n) is 10.0. The van der Waals surface area contributed by atoms with Gasteiger partial charge in [0, 0.05) is 62.6 Å². The van der Waals surface area contributed by atoms with E-state index in [1.807, 2.05) is 36.9 Å². The number of carbonyl (C=O) groups excluding carboxylic acids is 2. The maximum Gasteiger partial charge on any atom is 0.255 e. The van der Waals surface area contributed by atoms with Crippen LogP contribution < -0.4 is 0 Å². The van der Waals surface area contributed by atoms with Gasteiger partial charge in [-0.3, -0.25) is 24.4 Å². The number of nitrogens with zero attached hydrogens (tertiary/aromatic N) is 4. The van der Waals surface area contributed by atoms with Crippen LogP contribution in [0, 0.1) is 13.8 Å². The third-order valence-corrected chi connectivity index (χ3v) is 7.84. The second kappa shape index (κ2) is 10.4. The Balaban J connectivity index is 1.32. The first kappa shape index (κ1) is 24.6. The molecule has 2 saturated heterocycles. The van der Waals surface area contributed by atoms with Crippen LogP contribution in [0.3, 0.4) is 0 Å². The van der Waals surface area contributed by atoms with Gasteiger partial charge in [0.2, 0.25) is 0 Å². The number of aryl methyl sites for hydroxylation is 2. The summed E-state index contributed by atoms with van der Waals surface area (Å²) in [6.07, 6.45) is 3.83. The third-order valence-electron chi connectivity index (χ3n) is 7.84. The summed E-state index contributed by atoms with van der Waals surface area (Å²) in [5.41, 5.74) is 4.64. The number of carbonyl (C=O) groups is 2. The number of rotatable bonds is 5. The van der Waals surface area contributed by atoms with Crippen LogP contribution in [-0.4, -0.2) is 76.2 Å². The van der Waals surface area contributed by atoms with E-state index in [4.69, 9.17) is 0 Å². The van der Waals surface area contributed by atoms with Crippen LogP contribution in [0.5, 0.6) is 0 Å². The molecular weight excluding hydrogens is 424 g/mol. The molecule has 4 rings (SSSR count). The highest BCUT2D eigenvalue weighted by atomic mass is 16.2. The molecule has 1 aromatic carbocycles. The summed E-state index contributed by atoms with van der Waals surface area (Å²) >= 11 is 0. The monoisotopic (exact) mass is 462 g/mol.